The van der Waals surface area contributed by atoms with E-state index in [9.17, 15) is 9.18 Å². The van der Waals surface area contributed by atoms with Crippen LogP contribution in [-0.2, 0) is 0 Å². The normalized spacial score (nSPS) is 20.7. The summed E-state index contributed by atoms with van der Waals surface area (Å²) in [6.45, 7) is 8.21. The van der Waals surface area contributed by atoms with Gasteiger partial charge in [0.15, 0.2) is 0 Å². The van der Waals surface area contributed by atoms with E-state index in [-0.39, 0.29) is 5.54 Å². The highest BCUT2D eigenvalue weighted by atomic mass is 19.1. The second kappa shape index (κ2) is 4.33. The zero-order valence-electron chi connectivity index (χ0n) is 13.1. The minimum absolute atomic E-state index is 0.0372. The summed E-state index contributed by atoms with van der Waals surface area (Å²) in [6, 6.07) is 3.85. The van der Waals surface area contributed by atoms with E-state index in [1.807, 2.05) is 19.2 Å². The number of halogens is 1. The Kier molecular flexibility index (Phi) is 2.91. The Bertz CT molecular complexity index is 791. The SMILES string of the molecule is Cc1c(F)c(=O)oc2cc3c(cc12)C(C)CC(C)(C)N3C. The van der Waals surface area contributed by atoms with Crippen molar-refractivity contribution >= 4 is 16.7 Å². The summed E-state index contributed by atoms with van der Waals surface area (Å²) in [5.74, 6) is -0.412. The molecule has 21 heavy (non-hydrogen) atoms. The minimum atomic E-state index is -0.897. The quantitative estimate of drug-likeness (QED) is 0.688. The van der Waals surface area contributed by atoms with Crippen LogP contribution in [0.25, 0.3) is 11.0 Å². The molecule has 0 N–H and O–H groups in total. The summed E-state index contributed by atoms with van der Waals surface area (Å²) < 4.78 is 18.9. The molecule has 1 aliphatic heterocycles. The zero-order chi connectivity index (χ0) is 15.5. The van der Waals surface area contributed by atoms with Crippen LogP contribution in [0.2, 0.25) is 0 Å². The number of hydrogen-bond acceptors (Lipinski definition) is 3. The number of hydrogen-bond donors (Lipinski definition) is 0. The van der Waals surface area contributed by atoms with Crippen molar-refractivity contribution in [2.75, 3.05) is 11.9 Å². The number of fused-ring (bicyclic) bond motifs is 2. The van der Waals surface area contributed by atoms with Crippen LogP contribution < -0.4 is 10.5 Å². The summed E-state index contributed by atoms with van der Waals surface area (Å²) in [4.78, 5) is 13.7. The summed E-state index contributed by atoms with van der Waals surface area (Å²) >= 11 is 0. The Hall–Kier alpha value is -1.84. The summed E-state index contributed by atoms with van der Waals surface area (Å²) in [6.07, 6.45) is 1.03. The highest BCUT2D eigenvalue weighted by Gasteiger charge is 2.34. The van der Waals surface area contributed by atoms with E-state index >= 15 is 0 Å². The van der Waals surface area contributed by atoms with E-state index in [1.165, 1.54) is 5.56 Å². The molecule has 1 aromatic carbocycles. The Balaban J connectivity index is 2.36. The first-order valence-corrected chi connectivity index (χ1v) is 7.23. The Morgan fingerprint density at radius 1 is 1.38 bits per heavy atom. The molecule has 1 aliphatic rings. The smallest absolute Gasteiger partial charge is 0.372 e. The van der Waals surface area contributed by atoms with Crippen LogP contribution in [-0.4, -0.2) is 12.6 Å². The third-order valence-corrected chi connectivity index (χ3v) is 4.85. The van der Waals surface area contributed by atoms with Gasteiger partial charge in [-0.3, -0.25) is 0 Å². The first-order valence-electron chi connectivity index (χ1n) is 7.23. The first-order chi connectivity index (χ1) is 9.72. The molecule has 0 radical (unpaired) electrons. The fourth-order valence-electron chi connectivity index (χ4n) is 3.39. The lowest BCUT2D eigenvalue weighted by Crippen LogP contribution is -2.45. The molecule has 112 valence electrons. The topological polar surface area (TPSA) is 33.5 Å². The predicted molar refractivity (Wildman–Crippen MR) is 82.7 cm³/mol. The van der Waals surface area contributed by atoms with Crippen molar-refractivity contribution in [3.05, 3.63) is 39.5 Å². The molecule has 0 bridgehead atoms. The standard InChI is InChI=1S/C17H20FNO2/c1-9-8-17(3,4)19(5)13-7-14-12(6-11(9)13)10(2)15(18)16(20)21-14/h6-7,9H,8H2,1-5H3. The largest absolute Gasteiger partial charge is 0.421 e. The van der Waals surface area contributed by atoms with E-state index < -0.39 is 11.4 Å². The van der Waals surface area contributed by atoms with Crippen molar-refractivity contribution in [3.8, 4) is 0 Å². The molecule has 1 aromatic heterocycles. The number of anilines is 1. The van der Waals surface area contributed by atoms with Gasteiger partial charge in [0.25, 0.3) is 0 Å². The van der Waals surface area contributed by atoms with E-state index in [0.717, 1.165) is 12.1 Å². The molecule has 0 spiro atoms. The van der Waals surface area contributed by atoms with Crippen molar-refractivity contribution in [3.63, 3.8) is 0 Å². The molecular formula is C17H20FNO2. The van der Waals surface area contributed by atoms with Gasteiger partial charge in [0.05, 0.1) is 0 Å². The van der Waals surface area contributed by atoms with Crippen molar-refractivity contribution in [1.82, 2.24) is 0 Å². The molecule has 0 fully saturated rings. The molecule has 2 aromatic rings. The molecule has 0 saturated carbocycles. The maximum atomic E-state index is 13.8. The van der Waals surface area contributed by atoms with Crippen molar-refractivity contribution in [2.24, 2.45) is 0 Å². The van der Waals surface area contributed by atoms with Crippen LogP contribution in [0, 0.1) is 12.7 Å². The van der Waals surface area contributed by atoms with Gasteiger partial charge in [-0.05, 0) is 44.7 Å². The highest BCUT2D eigenvalue weighted by molar-refractivity contribution is 5.86. The van der Waals surface area contributed by atoms with Crippen LogP contribution in [0.3, 0.4) is 0 Å². The minimum Gasteiger partial charge on any atom is -0.421 e. The summed E-state index contributed by atoms with van der Waals surface area (Å²) in [5, 5.41) is 0.686. The van der Waals surface area contributed by atoms with E-state index in [2.05, 4.69) is 25.7 Å². The lowest BCUT2D eigenvalue weighted by molar-refractivity contribution is 0.395. The monoisotopic (exact) mass is 289 g/mol. The maximum Gasteiger partial charge on any atom is 0.372 e. The van der Waals surface area contributed by atoms with Gasteiger partial charge in [0.2, 0.25) is 5.82 Å². The second-order valence-corrected chi connectivity index (χ2v) is 6.71. The molecule has 2 heterocycles. The van der Waals surface area contributed by atoms with Gasteiger partial charge in [0, 0.05) is 35.3 Å². The van der Waals surface area contributed by atoms with Crippen LogP contribution in [0.1, 0.15) is 44.2 Å². The van der Waals surface area contributed by atoms with Gasteiger partial charge in [-0.1, -0.05) is 6.92 Å². The Morgan fingerprint density at radius 3 is 2.71 bits per heavy atom. The van der Waals surface area contributed by atoms with Crippen LogP contribution >= 0.6 is 0 Å². The van der Waals surface area contributed by atoms with Gasteiger partial charge < -0.3 is 9.32 Å². The van der Waals surface area contributed by atoms with Gasteiger partial charge in [0.1, 0.15) is 5.58 Å². The van der Waals surface area contributed by atoms with E-state index in [4.69, 9.17) is 4.42 Å². The van der Waals surface area contributed by atoms with Crippen LogP contribution in [0.15, 0.2) is 21.3 Å². The average Bonchev–Trinajstić information content (AvgIpc) is 2.41. The fourth-order valence-corrected chi connectivity index (χ4v) is 3.39. The highest BCUT2D eigenvalue weighted by Crippen LogP contribution is 2.44. The zero-order valence-corrected chi connectivity index (χ0v) is 13.1. The second-order valence-electron chi connectivity index (χ2n) is 6.71. The van der Waals surface area contributed by atoms with E-state index in [0.29, 0.717) is 22.5 Å². The lowest BCUT2D eigenvalue weighted by atomic mass is 9.80. The first kappa shape index (κ1) is 14.1. The predicted octanol–water partition coefficient (Wildman–Crippen LogP) is 3.96. The van der Waals surface area contributed by atoms with Crippen LogP contribution in [0.5, 0.6) is 0 Å². The van der Waals surface area contributed by atoms with Gasteiger partial charge in [-0.15, -0.1) is 0 Å². The number of nitrogens with zero attached hydrogens (tertiary/aromatic N) is 1. The molecule has 0 aliphatic carbocycles. The maximum absolute atomic E-state index is 13.8. The van der Waals surface area contributed by atoms with Gasteiger partial charge >= 0.3 is 5.63 Å². The number of rotatable bonds is 0. The third kappa shape index (κ3) is 1.96. The third-order valence-electron chi connectivity index (χ3n) is 4.85. The molecule has 4 heteroatoms. The summed E-state index contributed by atoms with van der Waals surface area (Å²) in [5.41, 5.74) is 2.19. The molecule has 3 nitrogen and oxygen atoms in total. The average molecular weight is 289 g/mol. The van der Waals surface area contributed by atoms with E-state index in [1.54, 1.807) is 6.92 Å². The molecule has 1 unspecified atom stereocenters. The van der Waals surface area contributed by atoms with Crippen LogP contribution in [0.4, 0.5) is 10.1 Å². The molecule has 0 amide bonds. The molecule has 3 rings (SSSR count). The molecule has 0 saturated heterocycles. The molecule has 1 atom stereocenters. The Labute approximate surface area is 123 Å². The fraction of sp³-hybridized carbons (Fsp3) is 0.471. The summed E-state index contributed by atoms with van der Waals surface area (Å²) in [7, 11) is 2.05. The number of aryl methyl sites for hydroxylation is 1. The van der Waals surface area contributed by atoms with Crippen molar-refractivity contribution in [2.45, 2.75) is 45.6 Å². The molecular weight excluding hydrogens is 269 g/mol. The number of benzene rings is 1. The lowest BCUT2D eigenvalue weighted by Gasteiger charge is -2.45. The van der Waals surface area contributed by atoms with Gasteiger partial charge in [-0.2, -0.15) is 4.39 Å². The van der Waals surface area contributed by atoms with Crippen molar-refractivity contribution in [1.29, 1.82) is 0 Å². The van der Waals surface area contributed by atoms with Crippen molar-refractivity contribution < 1.29 is 8.81 Å². The Morgan fingerprint density at radius 2 is 2.05 bits per heavy atom. The van der Waals surface area contributed by atoms with Gasteiger partial charge in [-0.25, -0.2) is 4.79 Å².